The molecule has 1 saturated carbocycles. The molecule has 0 aromatic carbocycles. The van der Waals surface area contributed by atoms with Crippen molar-refractivity contribution >= 4 is 0 Å². The lowest BCUT2D eigenvalue weighted by Crippen LogP contribution is -2.22. The van der Waals surface area contributed by atoms with E-state index < -0.39 is 6.10 Å². The van der Waals surface area contributed by atoms with Crippen molar-refractivity contribution in [3.05, 3.63) is 11.4 Å². The summed E-state index contributed by atoms with van der Waals surface area (Å²) in [7, 11) is 0. The smallest absolute Gasteiger partial charge is 0.112 e. The molecule has 1 atom stereocenters. The van der Waals surface area contributed by atoms with Crippen LogP contribution in [0, 0.1) is 0 Å². The topological polar surface area (TPSA) is 91.4 Å². The fourth-order valence-electron chi connectivity index (χ4n) is 1.66. The van der Waals surface area contributed by atoms with Crippen molar-refractivity contribution in [1.29, 1.82) is 0 Å². The molecule has 1 fully saturated rings. The van der Waals surface area contributed by atoms with E-state index in [1.165, 1.54) is 0 Å². The number of hydrogen-bond donors (Lipinski definition) is 3. The molecule has 0 radical (unpaired) electrons. The fourth-order valence-corrected chi connectivity index (χ4v) is 1.66. The van der Waals surface area contributed by atoms with Gasteiger partial charge >= 0.3 is 0 Å². The molecule has 1 unspecified atom stereocenters. The van der Waals surface area contributed by atoms with Gasteiger partial charge in [0.15, 0.2) is 0 Å². The predicted molar refractivity (Wildman–Crippen MR) is 51.0 cm³/mol. The Hall–Kier alpha value is -0.980. The summed E-state index contributed by atoms with van der Waals surface area (Å²) in [5.41, 5.74) is 1.49. The molecule has 0 saturated heterocycles. The molecule has 3 N–H and O–H groups in total. The van der Waals surface area contributed by atoms with E-state index in [4.69, 9.17) is 10.2 Å². The molecule has 1 heterocycles. The van der Waals surface area contributed by atoms with E-state index in [1.54, 1.807) is 4.68 Å². The van der Waals surface area contributed by atoms with Crippen molar-refractivity contribution in [3.63, 3.8) is 0 Å². The number of aliphatic hydroxyl groups excluding tert-OH is 3. The lowest BCUT2D eigenvalue weighted by molar-refractivity contribution is 0.0770. The number of aromatic nitrogens is 3. The zero-order chi connectivity index (χ0) is 10.8. The van der Waals surface area contributed by atoms with Crippen LogP contribution in [0.2, 0.25) is 0 Å². The Morgan fingerprint density at radius 1 is 1.40 bits per heavy atom. The summed E-state index contributed by atoms with van der Waals surface area (Å²) in [5.74, 6) is 0.410. The molecule has 0 amide bonds. The van der Waals surface area contributed by atoms with Crippen molar-refractivity contribution in [2.24, 2.45) is 0 Å². The van der Waals surface area contributed by atoms with Gasteiger partial charge in [0.2, 0.25) is 0 Å². The van der Waals surface area contributed by atoms with Gasteiger partial charge in [-0.25, -0.2) is 4.68 Å². The van der Waals surface area contributed by atoms with Crippen molar-refractivity contribution < 1.29 is 15.3 Å². The average Bonchev–Trinajstić information content (AvgIpc) is 3.00. The molecule has 1 aliphatic rings. The van der Waals surface area contributed by atoms with Crippen LogP contribution in [0.1, 0.15) is 30.1 Å². The quantitative estimate of drug-likeness (QED) is 0.583. The van der Waals surface area contributed by atoms with E-state index in [-0.39, 0.29) is 19.8 Å². The minimum atomic E-state index is -0.823. The largest absolute Gasteiger partial charge is 0.394 e. The Morgan fingerprint density at radius 2 is 2.13 bits per heavy atom. The van der Waals surface area contributed by atoms with Gasteiger partial charge < -0.3 is 15.3 Å². The monoisotopic (exact) mass is 213 g/mol. The van der Waals surface area contributed by atoms with Crippen LogP contribution in [0.25, 0.3) is 0 Å². The van der Waals surface area contributed by atoms with E-state index in [9.17, 15) is 5.11 Å². The lowest BCUT2D eigenvalue weighted by Gasteiger charge is -2.09. The number of aliphatic hydroxyl groups is 3. The molecule has 15 heavy (non-hydrogen) atoms. The first-order valence-electron chi connectivity index (χ1n) is 5.08. The van der Waals surface area contributed by atoms with Gasteiger partial charge in [0.05, 0.1) is 31.6 Å². The SMILES string of the molecule is OCc1nnn(CC(O)CO)c1C1CC1. The highest BCUT2D eigenvalue weighted by Crippen LogP contribution is 2.41. The minimum Gasteiger partial charge on any atom is -0.394 e. The second-order valence-electron chi connectivity index (χ2n) is 3.87. The summed E-state index contributed by atoms with van der Waals surface area (Å²) in [6, 6.07) is 0. The predicted octanol–water partition coefficient (Wildman–Crippen LogP) is -0.999. The molecule has 1 aromatic rings. The summed E-state index contributed by atoms with van der Waals surface area (Å²) in [6.45, 7) is -0.186. The van der Waals surface area contributed by atoms with Crippen LogP contribution < -0.4 is 0 Å². The van der Waals surface area contributed by atoms with Crippen LogP contribution in [0.3, 0.4) is 0 Å². The minimum absolute atomic E-state index is 0.124. The molecule has 84 valence electrons. The Labute approximate surface area is 87.2 Å². The molecular formula is C9H15N3O3. The molecule has 0 aliphatic heterocycles. The van der Waals surface area contributed by atoms with E-state index in [0.29, 0.717) is 11.6 Å². The van der Waals surface area contributed by atoms with E-state index >= 15 is 0 Å². The van der Waals surface area contributed by atoms with Crippen LogP contribution >= 0.6 is 0 Å². The van der Waals surface area contributed by atoms with Crippen molar-refractivity contribution in [1.82, 2.24) is 15.0 Å². The highest BCUT2D eigenvalue weighted by atomic mass is 16.3. The van der Waals surface area contributed by atoms with Crippen LogP contribution in [-0.4, -0.2) is 43.0 Å². The lowest BCUT2D eigenvalue weighted by atomic mass is 10.2. The van der Waals surface area contributed by atoms with Gasteiger partial charge in [0, 0.05) is 5.92 Å². The van der Waals surface area contributed by atoms with Gasteiger partial charge in [0.25, 0.3) is 0 Å². The third-order valence-electron chi connectivity index (χ3n) is 2.56. The molecule has 2 rings (SSSR count). The number of hydrogen-bond acceptors (Lipinski definition) is 5. The molecule has 6 heteroatoms. The maximum atomic E-state index is 9.32. The van der Waals surface area contributed by atoms with Gasteiger partial charge in [-0.2, -0.15) is 0 Å². The summed E-state index contributed by atoms with van der Waals surface area (Å²) in [4.78, 5) is 0. The normalized spacial score (nSPS) is 18.1. The van der Waals surface area contributed by atoms with Crippen molar-refractivity contribution in [3.8, 4) is 0 Å². The Kier molecular flexibility index (Phi) is 2.99. The number of rotatable bonds is 5. The molecule has 0 bridgehead atoms. The summed E-state index contributed by atoms with van der Waals surface area (Å²) in [5, 5.41) is 34.9. The van der Waals surface area contributed by atoms with Crippen LogP contribution in [0.15, 0.2) is 0 Å². The van der Waals surface area contributed by atoms with Crippen molar-refractivity contribution in [2.45, 2.75) is 38.0 Å². The second-order valence-corrected chi connectivity index (χ2v) is 3.87. The summed E-state index contributed by atoms with van der Waals surface area (Å²) >= 11 is 0. The number of nitrogens with zero attached hydrogens (tertiary/aromatic N) is 3. The summed E-state index contributed by atoms with van der Waals surface area (Å²) < 4.78 is 1.59. The Balaban J connectivity index is 2.18. The van der Waals surface area contributed by atoms with Gasteiger partial charge in [-0.05, 0) is 12.8 Å². The zero-order valence-corrected chi connectivity index (χ0v) is 8.37. The Morgan fingerprint density at radius 3 is 2.67 bits per heavy atom. The van der Waals surface area contributed by atoms with Gasteiger partial charge in [0.1, 0.15) is 5.69 Å². The molecule has 6 nitrogen and oxygen atoms in total. The highest BCUT2D eigenvalue weighted by Gasteiger charge is 2.31. The Bertz CT molecular complexity index is 335. The fraction of sp³-hybridized carbons (Fsp3) is 0.778. The molecule has 1 aromatic heterocycles. The first kappa shape index (κ1) is 10.5. The summed E-state index contributed by atoms with van der Waals surface area (Å²) in [6.07, 6.45) is 1.33. The van der Waals surface area contributed by atoms with Crippen LogP contribution in [-0.2, 0) is 13.2 Å². The maximum Gasteiger partial charge on any atom is 0.112 e. The standard InChI is InChI=1S/C9H15N3O3/c13-4-7(15)3-12-9(6-1-2-6)8(5-14)10-11-12/h6-7,13-15H,1-5H2. The third-order valence-corrected chi connectivity index (χ3v) is 2.56. The highest BCUT2D eigenvalue weighted by molar-refractivity contribution is 5.19. The van der Waals surface area contributed by atoms with Crippen LogP contribution in [0.4, 0.5) is 0 Å². The van der Waals surface area contributed by atoms with E-state index in [2.05, 4.69) is 10.3 Å². The van der Waals surface area contributed by atoms with Gasteiger partial charge in [-0.1, -0.05) is 5.21 Å². The second kappa shape index (κ2) is 4.26. The molecule has 1 aliphatic carbocycles. The third kappa shape index (κ3) is 2.17. The van der Waals surface area contributed by atoms with Crippen molar-refractivity contribution in [2.75, 3.05) is 6.61 Å². The first-order valence-corrected chi connectivity index (χ1v) is 5.08. The first-order chi connectivity index (χ1) is 7.26. The average molecular weight is 213 g/mol. The van der Waals surface area contributed by atoms with Crippen LogP contribution in [0.5, 0.6) is 0 Å². The van der Waals surface area contributed by atoms with Gasteiger partial charge in [-0.15, -0.1) is 5.10 Å². The molecular weight excluding hydrogens is 198 g/mol. The molecule has 0 spiro atoms. The maximum absolute atomic E-state index is 9.32. The zero-order valence-electron chi connectivity index (χ0n) is 8.37. The van der Waals surface area contributed by atoms with E-state index in [1.807, 2.05) is 0 Å². The van der Waals surface area contributed by atoms with E-state index in [0.717, 1.165) is 18.5 Å². The van der Waals surface area contributed by atoms with Gasteiger partial charge in [-0.3, -0.25) is 0 Å².